The molecule has 0 aromatic heterocycles. The molecule has 4 nitrogen and oxygen atoms in total. The van der Waals surface area contributed by atoms with Gasteiger partial charge in [0.2, 0.25) is 5.91 Å². The highest BCUT2D eigenvalue weighted by atomic mass is 16.3. The molecule has 1 amide bonds. The van der Waals surface area contributed by atoms with E-state index in [0.717, 1.165) is 25.7 Å². The monoisotopic (exact) mass is 858 g/mol. The summed E-state index contributed by atoms with van der Waals surface area (Å²) >= 11 is 0. The summed E-state index contributed by atoms with van der Waals surface area (Å²) in [4.78, 5) is 12.5. The highest BCUT2D eigenvalue weighted by molar-refractivity contribution is 5.76. The van der Waals surface area contributed by atoms with Gasteiger partial charge < -0.3 is 15.5 Å². The Morgan fingerprint density at radius 2 is 0.623 bits per heavy atom. The van der Waals surface area contributed by atoms with E-state index in [4.69, 9.17) is 0 Å². The number of unbranched alkanes of at least 4 members (excludes halogenated alkanes) is 43. The average Bonchev–Trinajstić information content (AvgIpc) is 3.26. The van der Waals surface area contributed by atoms with Gasteiger partial charge in [0.15, 0.2) is 0 Å². The molecule has 0 fully saturated rings. The standard InChI is InChI=1S/C57H111NO3/c1-3-5-7-9-11-13-15-17-19-21-23-24-25-26-27-28-29-30-31-32-33-34-35-37-39-41-43-45-47-49-51-53-57(61)58-55(54-59)56(60)52-50-48-46-44-42-40-38-36-22-20-18-16-14-12-10-8-6-4-2/h21,23,50,52,55-56,59-60H,3-20,22,24-49,51,53-54H2,1-2H3,(H,58,61)/b23-21-,52-50+. The van der Waals surface area contributed by atoms with Crippen LogP contribution in [0.2, 0.25) is 0 Å². The van der Waals surface area contributed by atoms with E-state index in [-0.39, 0.29) is 12.5 Å². The maximum absolute atomic E-state index is 12.5. The van der Waals surface area contributed by atoms with Crippen LogP contribution >= 0.6 is 0 Å². The largest absolute Gasteiger partial charge is 0.394 e. The number of hydrogen-bond acceptors (Lipinski definition) is 3. The van der Waals surface area contributed by atoms with Crippen LogP contribution in [0.1, 0.15) is 316 Å². The average molecular weight is 859 g/mol. The molecule has 0 saturated heterocycles. The number of allylic oxidation sites excluding steroid dienone is 3. The van der Waals surface area contributed by atoms with Crippen molar-refractivity contribution < 1.29 is 15.0 Å². The molecule has 3 N–H and O–H groups in total. The first-order valence-corrected chi connectivity index (χ1v) is 28.1. The molecule has 0 aromatic carbocycles. The van der Waals surface area contributed by atoms with Crippen molar-refractivity contribution in [3.05, 3.63) is 24.3 Å². The Morgan fingerprint density at radius 3 is 0.902 bits per heavy atom. The third-order valence-corrected chi connectivity index (χ3v) is 13.2. The van der Waals surface area contributed by atoms with Gasteiger partial charge in [0.25, 0.3) is 0 Å². The predicted molar refractivity (Wildman–Crippen MR) is 272 cm³/mol. The van der Waals surface area contributed by atoms with Gasteiger partial charge >= 0.3 is 0 Å². The smallest absolute Gasteiger partial charge is 0.220 e. The molecule has 0 radical (unpaired) electrons. The third-order valence-electron chi connectivity index (χ3n) is 13.2. The van der Waals surface area contributed by atoms with Crippen molar-refractivity contribution in [2.45, 2.75) is 328 Å². The second-order valence-electron chi connectivity index (χ2n) is 19.4. The van der Waals surface area contributed by atoms with Crippen LogP contribution in [0.15, 0.2) is 24.3 Å². The molecule has 0 bridgehead atoms. The van der Waals surface area contributed by atoms with Crippen LogP contribution < -0.4 is 5.32 Å². The minimum absolute atomic E-state index is 0.0576. The van der Waals surface area contributed by atoms with E-state index in [9.17, 15) is 15.0 Å². The fourth-order valence-corrected chi connectivity index (χ4v) is 8.88. The van der Waals surface area contributed by atoms with Crippen LogP contribution in [-0.4, -0.2) is 34.9 Å². The number of rotatable bonds is 52. The first-order chi connectivity index (χ1) is 30.2. The van der Waals surface area contributed by atoms with Crippen molar-refractivity contribution in [1.82, 2.24) is 5.32 Å². The fourth-order valence-electron chi connectivity index (χ4n) is 8.88. The van der Waals surface area contributed by atoms with Gasteiger partial charge in [-0.15, -0.1) is 0 Å². The molecule has 0 rings (SSSR count). The Labute approximate surface area is 383 Å². The van der Waals surface area contributed by atoms with Gasteiger partial charge in [-0.05, 0) is 44.9 Å². The number of carbonyl (C=O) groups is 1. The van der Waals surface area contributed by atoms with Crippen molar-refractivity contribution in [1.29, 1.82) is 0 Å². The topological polar surface area (TPSA) is 69.6 Å². The minimum Gasteiger partial charge on any atom is -0.394 e. The normalized spacial score (nSPS) is 12.9. The van der Waals surface area contributed by atoms with E-state index < -0.39 is 12.1 Å². The van der Waals surface area contributed by atoms with Crippen molar-refractivity contribution in [2.24, 2.45) is 0 Å². The van der Waals surface area contributed by atoms with Crippen molar-refractivity contribution in [2.75, 3.05) is 6.61 Å². The lowest BCUT2D eigenvalue weighted by atomic mass is 10.0. The highest BCUT2D eigenvalue weighted by Gasteiger charge is 2.18. The fraction of sp³-hybridized carbons (Fsp3) is 0.912. The molecule has 0 spiro atoms. The second-order valence-corrected chi connectivity index (χ2v) is 19.4. The maximum Gasteiger partial charge on any atom is 0.220 e. The summed E-state index contributed by atoms with van der Waals surface area (Å²) < 4.78 is 0. The van der Waals surface area contributed by atoms with Crippen LogP contribution in [0.3, 0.4) is 0 Å². The van der Waals surface area contributed by atoms with Crippen molar-refractivity contribution in [3.63, 3.8) is 0 Å². The van der Waals surface area contributed by atoms with Crippen LogP contribution in [0, 0.1) is 0 Å². The predicted octanol–water partition coefficient (Wildman–Crippen LogP) is 18.3. The van der Waals surface area contributed by atoms with Crippen LogP contribution in [0.5, 0.6) is 0 Å². The van der Waals surface area contributed by atoms with Gasteiger partial charge in [-0.2, -0.15) is 0 Å². The maximum atomic E-state index is 12.5. The number of aliphatic hydroxyl groups is 2. The van der Waals surface area contributed by atoms with E-state index in [1.165, 1.54) is 270 Å². The van der Waals surface area contributed by atoms with E-state index in [1.54, 1.807) is 6.08 Å². The Balaban J connectivity index is 3.44. The zero-order valence-corrected chi connectivity index (χ0v) is 41.7. The molecule has 0 heterocycles. The molecular formula is C57H111NO3. The molecule has 0 aliphatic heterocycles. The van der Waals surface area contributed by atoms with E-state index >= 15 is 0 Å². The molecule has 0 aliphatic rings. The summed E-state index contributed by atoms with van der Waals surface area (Å²) in [6, 6.07) is -0.619. The number of hydrogen-bond donors (Lipinski definition) is 3. The van der Waals surface area contributed by atoms with Crippen molar-refractivity contribution >= 4 is 5.91 Å². The summed E-state index contributed by atoms with van der Waals surface area (Å²) in [5, 5.41) is 23.1. The van der Waals surface area contributed by atoms with Crippen LogP contribution in [-0.2, 0) is 4.79 Å². The summed E-state index contributed by atoms with van der Waals surface area (Å²) in [6.07, 6.45) is 70.6. The number of amides is 1. The Kier molecular flexibility index (Phi) is 52.2. The highest BCUT2D eigenvalue weighted by Crippen LogP contribution is 2.17. The lowest BCUT2D eigenvalue weighted by Crippen LogP contribution is -2.45. The first kappa shape index (κ1) is 59.9. The lowest BCUT2D eigenvalue weighted by Gasteiger charge is -2.20. The molecule has 0 saturated carbocycles. The summed E-state index contributed by atoms with van der Waals surface area (Å²) in [6.45, 7) is 4.34. The third kappa shape index (κ3) is 49.7. The van der Waals surface area contributed by atoms with Crippen molar-refractivity contribution in [3.8, 4) is 0 Å². The number of carbonyl (C=O) groups excluding carboxylic acids is 1. The quantitative estimate of drug-likeness (QED) is 0.0422. The number of aliphatic hydroxyl groups excluding tert-OH is 2. The van der Waals surface area contributed by atoms with E-state index in [2.05, 4.69) is 31.3 Å². The molecule has 2 unspecified atom stereocenters. The van der Waals surface area contributed by atoms with Crippen LogP contribution in [0.4, 0.5) is 0 Å². The van der Waals surface area contributed by atoms with Gasteiger partial charge in [0, 0.05) is 6.42 Å². The molecule has 362 valence electrons. The van der Waals surface area contributed by atoms with Gasteiger partial charge in [-0.3, -0.25) is 4.79 Å². The molecule has 0 aromatic rings. The molecule has 2 atom stereocenters. The molecule has 61 heavy (non-hydrogen) atoms. The van der Waals surface area contributed by atoms with Gasteiger partial charge in [0.05, 0.1) is 18.8 Å². The zero-order chi connectivity index (χ0) is 44.2. The van der Waals surface area contributed by atoms with E-state index in [1.807, 2.05) is 6.08 Å². The zero-order valence-electron chi connectivity index (χ0n) is 41.7. The molecule has 0 aliphatic carbocycles. The summed E-state index contributed by atoms with van der Waals surface area (Å²) in [7, 11) is 0. The number of nitrogens with one attached hydrogen (secondary N) is 1. The SMILES string of the molecule is CCCCCCCCCC/C=C\CCCCCCCCCCCCCCCCCCCCCC(=O)NC(CO)C(O)/C=C/CCCCCCCCCCCCCCCCCC. The molecule has 4 heteroatoms. The lowest BCUT2D eigenvalue weighted by molar-refractivity contribution is -0.123. The Bertz CT molecular complexity index is 886. The first-order valence-electron chi connectivity index (χ1n) is 28.1. The second kappa shape index (κ2) is 53.2. The van der Waals surface area contributed by atoms with Crippen LogP contribution in [0.25, 0.3) is 0 Å². The molecular weight excluding hydrogens is 747 g/mol. The summed E-state index contributed by atoms with van der Waals surface area (Å²) in [5.41, 5.74) is 0. The van der Waals surface area contributed by atoms with Gasteiger partial charge in [-0.25, -0.2) is 0 Å². The van der Waals surface area contributed by atoms with E-state index in [0.29, 0.717) is 6.42 Å². The van der Waals surface area contributed by atoms with Gasteiger partial charge in [0.1, 0.15) is 0 Å². The Morgan fingerprint density at radius 1 is 0.377 bits per heavy atom. The van der Waals surface area contributed by atoms with Gasteiger partial charge in [-0.1, -0.05) is 289 Å². The Hall–Kier alpha value is -1.13. The summed E-state index contributed by atoms with van der Waals surface area (Å²) in [5.74, 6) is -0.0576. The minimum atomic E-state index is -0.836.